The number of aromatic nitrogens is 2. The molecule has 0 radical (unpaired) electrons. The summed E-state index contributed by atoms with van der Waals surface area (Å²) < 4.78 is 17.3. The molecular weight excluding hydrogens is 531 g/mol. The summed E-state index contributed by atoms with van der Waals surface area (Å²) in [6.45, 7) is 12.8. The zero-order valence-corrected chi connectivity index (χ0v) is 25.6. The summed E-state index contributed by atoms with van der Waals surface area (Å²) in [5.41, 5.74) is 2.30. The second kappa shape index (κ2) is 10.1. The molecule has 42 heavy (non-hydrogen) atoms. The van der Waals surface area contributed by atoms with Crippen LogP contribution in [0.1, 0.15) is 72.7 Å². The highest BCUT2D eigenvalue weighted by Gasteiger charge is 2.55. The number of methoxy groups -OCH3 is 1. The van der Waals surface area contributed by atoms with Crippen molar-refractivity contribution in [2.75, 3.05) is 13.7 Å². The lowest BCUT2D eigenvalue weighted by atomic mass is 9.78. The standard InChI is InChI=1S/C32H41BN4O5/c1-19(2)26(36-29(39)40-7)28(38)37-18-32(12-13-32)16-25(37)27-34-17-24(35-27)22-9-8-21-15-23(11-10-20(21)14-22)33-41-30(3,4)31(5,6)42-33/h8-11,14-15,17,19,25-26H,12-13,16,18H2,1-7H3,(H,34,35)(H,36,39)/t25-,26-/m0/s1. The number of aromatic amines is 1. The van der Waals surface area contributed by atoms with Crippen LogP contribution in [-0.4, -0.2) is 64.9 Å². The molecule has 10 heteroatoms. The van der Waals surface area contributed by atoms with Gasteiger partial charge in [-0.1, -0.05) is 44.2 Å². The van der Waals surface area contributed by atoms with Crippen molar-refractivity contribution >= 4 is 35.4 Å². The number of hydrogen-bond donors (Lipinski definition) is 2. The van der Waals surface area contributed by atoms with Gasteiger partial charge in [0.1, 0.15) is 11.9 Å². The summed E-state index contributed by atoms with van der Waals surface area (Å²) in [7, 11) is 0.907. The van der Waals surface area contributed by atoms with Crippen LogP contribution in [-0.2, 0) is 18.8 Å². The number of fused-ring (bicyclic) bond motifs is 1. The van der Waals surface area contributed by atoms with Crippen LogP contribution in [0.2, 0.25) is 0 Å². The molecule has 2 aromatic carbocycles. The topological polar surface area (TPSA) is 106 Å². The molecule has 3 fully saturated rings. The Morgan fingerprint density at radius 2 is 1.74 bits per heavy atom. The lowest BCUT2D eigenvalue weighted by Gasteiger charge is -2.32. The molecule has 9 nitrogen and oxygen atoms in total. The zero-order chi connectivity index (χ0) is 30.0. The summed E-state index contributed by atoms with van der Waals surface area (Å²) in [4.78, 5) is 35.9. The monoisotopic (exact) mass is 572 g/mol. The number of carbonyl (C=O) groups excluding carboxylic acids is 2. The molecule has 6 rings (SSSR count). The van der Waals surface area contributed by atoms with Gasteiger partial charge in [-0.15, -0.1) is 0 Å². The first-order chi connectivity index (χ1) is 19.8. The van der Waals surface area contributed by atoms with Crippen molar-refractivity contribution in [3.8, 4) is 11.3 Å². The maximum absolute atomic E-state index is 13.8. The van der Waals surface area contributed by atoms with Crippen molar-refractivity contribution in [2.45, 2.75) is 84.1 Å². The number of imidazole rings is 1. The van der Waals surface area contributed by atoms with E-state index in [4.69, 9.17) is 19.0 Å². The molecule has 2 amide bonds. The Morgan fingerprint density at radius 3 is 2.38 bits per heavy atom. The number of alkyl carbamates (subject to hydrolysis) is 1. The minimum absolute atomic E-state index is 0.0805. The SMILES string of the molecule is COC(=O)N[C@H](C(=O)N1CC2(CC2)C[C@H]1c1ncc(-c2ccc3cc(B4OC(C)(C)C(C)(C)O4)ccc3c2)[nH]1)C(C)C. The fourth-order valence-electron chi connectivity index (χ4n) is 6.16. The number of carbonyl (C=O) groups is 2. The van der Waals surface area contributed by atoms with Gasteiger partial charge in [0.2, 0.25) is 5.91 Å². The summed E-state index contributed by atoms with van der Waals surface area (Å²) in [6, 6.07) is 11.8. The van der Waals surface area contributed by atoms with Crippen LogP contribution in [0.25, 0.3) is 22.0 Å². The molecule has 3 heterocycles. The van der Waals surface area contributed by atoms with Gasteiger partial charge >= 0.3 is 13.2 Å². The third-order valence-electron chi connectivity index (χ3n) is 9.75. The Morgan fingerprint density at radius 1 is 1.07 bits per heavy atom. The fraction of sp³-hybridized carbons (Fsp3) is 0.531. The van der Waals surface area contributed by atoms with E-state index in [0.717, 1.165) is 52.6 Å². The molecule has 3 aromatic rings. The van der Waals surface area contributed by atoms with Crippen LogP contribution >= 0.6 is 0 Å². The van der Waals surface area contributed by atoms with Crippen LogP contribution in [0.4, 0.5) is 4.79 Å². The maximum atomic E-state index is 13.8. The van der Waals surface area contributed by atoms with Gasteiger partial charge < -0.3 is 29.2 Å². The average molecular weight is 573 g/mol. The number of nitrogens with zero attached hydrogens (tertiary/aromatic N) is 2. The summed E-state index contributed by atoms with van der Waals surface area (Å²) in [6.07, 6.45) is 4.34. The van der Waals surface area contributed by atoms with E-state index in [2.05, 4.69) is 74.4 Å². The first kappa shape index (κ1) is 28.7. The van der Waals surface area contributed by atoms with E-state index >= 15 is 0 Å². The first-order valence-electron chi connectivity index (χ1n) is 14.9. The molecule has 222 valence electrons. The molecule has 1 aliphatic carbocycles. The van der Waals surface area contributed by atoms with Crippen LogP contribution in [0.15, 0.2) is 42.6 Å². The van der Waals surface area contributed by atoms with Crippen molar-refractivity contribution < 1.29 is 23.6 Å². The molecule has 0 bridgehead atoms. The smallest absolute Gasteiger partial charge is 0.453 e. The van der Waals surface area contributed by atoms with Gasteiger partial charge in [0.15, 0.2) is 0 Å². The quantitative estimate of drug-likeness (QED) is 0.405. The van der Waals surface area contributed by atoms with Crippen molar-refractivity contribution in [3.05, 3.63) is 48.4 Å². The number of likely N-dealkylation sites (tertiary alicyclic amines) is 1. The number of amides is 2. The second-order valence-electron chi connectivity index (χ2n) is 13.6. The lowest BCUT2D eigenvalue weighted by Crippen LogP contribution is -2.51. The highest BCUT2D eigenvalue weighted by atomic mass is 16.7. The Hall–Kier alpha value is -3.37. The predicted octanol–water partition coefficient (Wildman–Crippen LogP) is 4.96. The molecule has 0 unspecified atom stereocenters. The van der Waals surface area contributed by atoms with Gasteiger partial charge in [0.25, 0.3) is 0 Å². The second-order valence-corrected chi connectivity index (χ2v) is 13.6. The Balaban J connectivity index is 1.23. The molecule has 1 saturated carbocycles. The number of H-pyrrole nitrogens is 1. The Labute approximate surface area is 247 Å². The lowest BCUT2D eigenvalue weighted by molar-refractivity contribution is -0.135. The van der Waals surface area contributed by atoms with E-state index in [1.54, 1.807) is 0 Å². The molecule has 2 aliphatic heterocycles. The highest BCUT2D eigenvalue weighted by molar-refractivity contribution is 6.62. The molecule has 2 atom stereocenters. The van der Waals surface area contributed by atoms with Crippen LogP contribution < -0.4 is 10.8 Å². The minimum atomic E-state index is -0.661. The number of hydrogen-bond acceptors (Lipinski definition) is 6. The van der Waals surface area contributed by atoms with E-state index in [1.807, 2.05) is 24.9 Å². The maximum Gasteiger partial charge on any atom is 0.494 e. The van der Waals surface area contributed by atoms with Crippen molar-refractivity contribution in [1.29, 1.82) is 0 Å². The molecular formula is C32H41BN4O5. The van der Waals surface area contributed by atoms with Gasteiger partial charge in [-0.25, -0.2) is 9.78 Å². The van der Waals surface area contributed by atoms with Crippen molar-refractivity contribution in [1.82, 2.24) is 20.2 Å². The summed E-state index contributed by atoms with van der Waals surface area (Å²) >= 11 is 0. The van der Waals surface area contributed by atoms with E-state index in [1.165, 1.54) is 7.11 Å². The molecule has 2 N–H and O–H groups in total. The molecule has 1 aromatic heterocycles. The summed E-state index contributed by atoms with van der Waals surface area (Å²) in [5, 5.41) is 4.95. The molecule has 1 spiro atoms. The van der Waals surface area contributed by atoms with E-state index < -0.39 is 19.3 Å². The van der Waals surface area contributed by atoms with Gasteiger partial charge in [-0.3, -0.25) is 4.79 Å². The summed E-state index contributed by atoms with van der Waals surface area (Å²) in [5.74, 6) is 0.604. The normalized spacial score (nSPS) is 22.6. The van der Waals surface area contributed by atoms with Crippen LogP contribution in [0, 0.1) is 11.3 Å². The van der Waals surface area contributed by atoms with Gasteiger partial charge in [-0.05, 0) is 80.6 Å². The van der Waals surface area contributed by atoms with Gasteiger partial charge in [0, 0.05) is 12.1 Å². The van der Waals surface area contributed by atoms with E-state index in [9.17, 15) is 9.59 Å². The largest absolute Gasteiger partial charge is 0.494 e. The third kappa shape index (κ3) is 5.09. The molecule has 3 aliphatic rings. The van der Waals surface area contributed by atoms with Gasteiger partial charge in [-0.2, -0.15) is 0 Å². The Bertz CT molecular complexity index is 1510. The average Bonchev–Trinajstić information content (AvgIpc) is 3.26. The number of rotatable bonds is 6. The first-order valence-corrected chi connectivity index (χ1v) is 14.9. The number of nitrogens with one attached hydrogen (secondary N) is 2. The number of benzene rings is 2. The zero-order valence-electron chi connectivity index (χ0n) is 25.6. The van der Waals surface area contributed by atoms with E-state index in [-0.39, 0.29) is 34.5 Å². The fourth-order valence-corrected chi connectivity index (χ4v) is 6.16. The predicted molar refractivity (Wildman–Crippen MR) is 162 cm³/mol. The van der Waals surface area contributed by atoms with Crippen molar-refractivity contribution in [3.63, 3.8) is 0 Å². The van der Waals surface area contributed by atoms with Gasteiger partial charge in [0.05, 0.1) is 36.2 Å². The van der Waals surface area contributed by atoms with Crippen LogP contribution in [0.5, 0.6) is 0 Å². The van der Waals surface area contributed by atoms with E-state index in [0.29, 0.717) is 6.54 Å². The Kier molecular flexibility index (Phi) is 6.93. The highest BCUT2D eigenvalue weighted by Crippen LogP contribution is 2.58. The van der Waals surface area contributed by atoms with Crippen molar-refractivity contribution in [2.24, 2.45) is 11.3 Å². The minimum Gasteiger partial charge on any atom is -0.453 e. The number of ether oxygens (including phenoxy) is 1. The van der Waals surface area contributed by atoms with Crippen LogP contribution in [0.3, 0.4) is 0 Å². The molecule has 2 saturated heterocycles. The third-order valence-corrected chi connectivity index (χ3v) is 9.75.